The lowest BCUT2D eigenvalue weighted by Gasteiger charge is -2.37. The summed E-state index contributed by atoms with van der Waals surface area (Å²) in [5.41, 5.74) is 6.36. The minimum atomic E-state index is 0.190. The predicted octanol–water partition coefficient (Wildman–Crippen LogP) is 5.53. The van der Waals surface area contributed by atoms with Crippen molar-refractivity contribution in [2.75, 3.05) is 6.61 Å². The van der Waals surface area contributed by atoms with Gasteiger partial charge in [0, 0.05) is 5.92 Å². The first-order chi connectivity index (χ1) is 14.1. The first-order valence-electron chi connectivity index (χ1n) is 10.5. The second kappa shape index (κ2) is 7.14. The average Bonchev–Trinajstić information content (AvgIpc) is 3.07. The van der Waals surface area contributed by atoms with E-state index in [1.165, 1.54) is 27.8 Å². The lowest BCUT2D eigenvalue weighted by Crippen LogP contribution is -2.26. The van der Waals surface area contributed by atoms with Gasteiger partial charge in [-0.3, -0.25) is 0 Å². The van der Waals surface area contributed by atoms with Gasteiger partial charge in [-0.2, -0.15) is 0 Å². The number of phenols is 2. The van der Waals surface area contributed by atoms with E-state index in [9.17, 15) is 10.2 Å². The summed E-state index contributed by atoms with van der Waals surface area (Å²) in [6.45, 7) is 2.82. The van der Waals surface area contributed by atoms with Crippen LogP contribution in [0.1, 0.15) is 53.0 Å². The molecule has 3 nitrogen and oxygen atoms in total. The van der Waals surface area contributed by atoms with E-state index in [1.54, 1.807) is 6.07 Å². The Kier molecular flexibility index (Phi) is 4.46. The second-order valence-electron chi connectivity index (χ2n) is 8.34. The van der Waals surface area contributed by atoms with Crippen LogP contribution in [0.25, 0.3) is 0 Å². The molecule has 0 bridgehead atoms. The quantitative estimate of drug-likeness (QED) is 0.620. The molecule has 2 aliphatic rings. The SMILES string of the molecule is CCCOc1cccc([C@@H]2c3cc(O)ccc3C[C@H]3c4ccc(O)cc4C[C@@H]23)c1. The van der Waals surface area contributed by atoms with Crippen molar-refractivity contribution in [3.8, 4) is 17.2 Å². The Hall–Kier alpha value is -2.94. The van der Waals surface area contributed by atoms with E-state index in [-0.39, 0.29) is 5.92 Å². The smallest absolute Gasteiger partial charge is 0.119 e. The van der Waals surface area contributed by atoms with Crippen molar-refractivity contribution in [2.45, 2.75) is 38.0 Å². The van der Waals surface area contributed by atoms with Crippen molar-refractivity contribution in [1.82, 2.24) is 0 Å². The lowest BCUT2D eigenvalue weighted by molar-refractivity contribution is 0.316. The number of rotatable bonds is 4. The molecule has 3 atom stereocenters. The molecule has 5 rings (SSSR count). The Morgan fingerprint density at radius 2 is 1.69 bits per heavy atom. The number of phenolic OH excluding ortho intramolecular Hbond substituents is 2. The molecule has 148 valence electrons. The topological polar surface area (TPSA) is 49.7 Å². The summed E-state index contributed by atoms with van der Waals surface area (Å²) in [6, 6.07) is 20.1. The molecule has 0 saturated carbocycles. The van der Waals surface area contributed by atoms with Gasteiger partial charge in [0.05, 0.1) is 6.61 Å². The predicted molar refractivity (Wildman–Crippen MR) is 114 cm³/mol. The number of aromatic hydroxyl groups is 2. The Balaban J connectivity index is 1.62. The Labute approximate surface area is 171 Å². The molecule has 0 unspecified atom stereocenters. The fraction of sp³-hybridized carbons (Fsp3) is 0.308. The monoisotopic (exact) mass is 386 g/mol. The molecule has 29 heavy (non-hydrogen) atoms. The van der Waals surface area contributed by atoms with Gasteiger partial charge < -0.3 is 14.9 Å². The summed E-state index contributed by atoms with van der Waals surface area (Å²) in [7, 11) is 0. The Morgan fingerprint density at radius 1 is 0.862 bits per heavy atom. The van der Waals surface area contributed by atoms with E-state index in [4.69, 9.17) is 4.74 Å². The number of ether oxygens (including phenoxy) is 1. The van der Waals surface area contributed by atoms with E-state index >= 15 is 0 Å². The highest BCUT2D eigenvalue weighted by atomic mass is 16.5. The van der Waals surface area contributed by atoms with Gasteiger partial charge in [-0.1, -0.05) is 31.2 Å². The third-order valence-electron chi connectivity index (χ3n) is 6.52. The molecular formula is C26H26O3. The van der Waals surface area contributed by atoms with Gasteiger partial charge in [0.1, 0.15) is 17.2 Å². The number of hydrogen-bond donors (Lipinski definition) is 2. The van der Waals surface area contributed by atoms with Gasteiger partial charge in [-0.05, 0) is 95.3 Å². The average molecular weight is 386 g/mol. The van der Waals surface area contributed by atoms with Crippen molar-refractivity contribution in [3.05, 3.63) is 88.5 Å². The van der Waals surface area contributed by atoms with E-state index in [0.29, 0.717) is 29.9 Å². The first kappa shape index (κ1) is 18.1. The van der Waals surface area contributed by atoms with Crippen LogP contribution in [-0.2, 0) is 12.8 Å². The molecule has 0 saturated heterocycles. The van der Waals surface area contributed by atoms with Crippen molar-refractivity contribution < 1.29 is 14.9 Å². The highest BCUT2D eigenvalue weighted by Crippen LogP contribution is 2.54. The van der Waals surface area contributed by atoms with Crippen LogP contribution in [-0.4, -0.2) is 16.8 Å². The summed E-state index contributed by atoms with van der Waals surface area (Å²) in [5.74, 6) is 2.58. The van der Waals surface area contributed by atoms with Gasteiger partial charge in [0.25, 0.3) is 0 Å². The van der Waals surface area contributed by atoms with E-state index in [0.717, 1.165) is 25.0 Å². The zero-order valence-corrected chi connectivity index (χ0v) is 16.6. The van der Waals surface area contributed by atoms with Crippen LogP contribution >= 0.6 is 0 Å². The number of fused-ring (bicyclic) bond motifs is 4. The van der Waals surface area contributed by atoms with Gasteiger partial charge in [0.15, 0.2) is 0 Å². The van der Waals surface area contributed by atoms with E-state index < -0.39 is 0 Å². The van der Waals surface area contributed by atoms with Crippen LogP contribution in [0.3, 0.4) is 0 Å². The third kappa shape index (κ3) is 3.15. The zero-order chi connectivity index (χ0) is 20.0. The first-order valence-corrected chi connectivity index (χ1v) is 10.5. The fourth-order valence-electron chi connectivity index (χ4n) is 5.34. The minimum absolute atomic E-state index is 0.190. The van der Waals surface area contributed by atoms with E-state index in [2.05, 4.69) is 37.3 Å². The van der Waals surface area contributed by atoms with Crippen LogP contribution in [0.5, 0.6) is 17.2 Å². The van der Waals surface area contributed by atoms with Gasteiger partial charge in [-0.15, -0.1) is 0 Å². The Bertz CT molecular complexity index is 1060. The highest BCUT2D eigenvalue weighted by molar-refractivity contribution is 5.52. The molecule has 0 heterocycles. The molecule has 0 radical (unpaired) electrons. The maximum absolute atomic E-state index is 10.2. The van der Waals surface area contributed by atoms with Gasteiger partial charge in [0.2, 0.25) is 0 Å². The number of hydrogen-bond acceptors (Lipinski definition) is 3. The van der Waals surface area contributed by atoms with Crippen LogP contribution in [0.15, 0.2) is 60.7 Å². The third-order valence-corrected chi connectivity index (χ3v) is 6.52. The molecule has 0 aromatic heterocycles. The molecular weight excluding hydrogens is 360 g/mol. The minimum Gasteiger partial charge on any atom is -0.508 e. The second-order valence-corrected chi connectivity index (χ2v) is 8.34. The summed E-state index contributed by atoms with van der Waals surface area (Å²) in [5, 5.41) is 20.2. The molecule has 0 amide bonds. The van der Waals surface area contributed by atoms with Crippen molar-refractivity contribution in [3.63, 3.8) is 0 Å². The fourth-order valence-corrected chi connectivity index (χ4v) is 5.34. The van der Waals surface area contributed by atoms with Crippen LogP contribution in [0.4, 0.5) is 0 Å². The maximum atomic E-state index is 10.2. The van der Waals surface area contributed by atoms with Crippen LogP contribution < -0.4 is 4.74 Å². The van der Waals surface area contributed by atoms with Crippen LogP contribution in [0.2, 0.25) is 0 Å². The van der Waals surface area contributed by atoms with Gasteiger partial charge in [-0.25, -0.2) is 0 Å². The molecule has 3 aromatic carbocycles. The summed E-state index contributed by atoms with van der Waals surface area (Å²) >= 11 is 0. The maximum Gasteiger partial charge on any atom is 0.119 e. The molecule has 0 fully saturated rings. The summed E-state index contributed by atoms with van der Waals surface area (Å²) in [6.07, 6.45) is 2.89. The van der Waals surface area contributed by atoms with Crippen LogP contribution in [0, 0.1) is 5.92 Å². The standard InChI is InChI=1S/C26H26O3/c1-2-10-29-21-5-3-4-17(12-21)26-23-15-20(28)7-6-16(23)13-24-22-9-8-19(27)11-18(22)14-25(24)26/h3-9,11-12,15,24-28H,2,10,13-14H2,1H3/t24-,25+,26+/m0/s1. The van der Waals surface area contributed by atoms with Crippen molar-refractivity contribution in [2.24, 2.45) is 5.92 Å². The normalized spacial score (nSPS) is 21.9. The molecule has 0 aliphatic heterocycles. The summed E-state index contributed by atoms with van der Waals surface area (Å²) < 4.78 is 5.90. The highest BCUT2D eigenvalue weighted by Gasteiger charge is 2.43. The molecule has 3 heteroatoms. The molecule has 2 aliphatic carbocycles. The largest absolute Gasteiger partial charge is 0.508 e. The summed E-state index contributed by atoms with van der Waals surface area (Å²) in [4.78, 5) is 0. The van der Waals surface area contributed by atoms with E-state index in [1.807, 2.05) is 24.3 Å². The zero-order valence-electron chi connectivity index (χ0n) is 16.6. The Morgan fingerprint density at radius 3 is 2.55 bits per heavy atom. The number of benzene rings is 3. The molecule has 2 N–H and O–H groups in total. The van der Waals surface area contributed by atoms with Crippen molar-refractivity contribution in [1.29, 1.82) is 0 Å². The van der Waals surface area contributed by atoms with Crippen molar-refractivity contribution >= 4 is 0 Å². The molecule has 3 aromatic rings. The molecule has 0 spiro atoms. The van der Waals surface area contributed by atoms with Gasteiger partial charge >= 0.3 is 0 Å². The lowest BCUT2D eigenvalue weighted by atomic mass is 9.67.